The van der Waals surface area contributed by atoms with Gasteiger partial charge >= 0.3 is 0 Å². The molecule has 0 spiro atoms. The molecule has 0 amide bonds. The molecule has 0 saturated heterocycles. The lowest BCUT2D eigenvalue weighted by molar-refractivity contribution is 0.359. The van der Waals surface area contributed by atoms with Crippen molar-refractivity contribution in [2.24, 2.45) is 0 Å². The van der Waals surface area contributed by atoms with Gasteiger partial charge in [-0.2, -0.15) is 0 Å². The first-order chi connectivity index (χ1) is 10.2. The Morgan fingerprint density at radius 3 is 1.48 bits per heavy atom. The number of hydrogen-bond donors (Lipinski definition) is 2. The molecule has 2 heteroatoms. The van der Waals surface area contributed by atoms with Crippen LogP contribution in [0.4, 0.5) is 0 Å². The Balaban J connectivity index is 1.70. The summed E-state index contributed by atoms with van der Waals surface area (Å²) >= 11 is 0. The first kappa shape index (κ1) is 15.9. The molecule has 0 bridgehead atoms. The van der Waals surface area contributed by atoms with Crippen LogP contribution < -0.4 is 10.6 Å². The zero-order valence-corrected chi connectivity index (χ0v) is 13.6. The zero-order valence-electron chi connectivity index (χ0n) is 13.6. The summed E-state index contributed by atoms with van der Waals surface area (Å²) in [6.07, 6.45) is 26.0. The minimum atomic E-state index is 0.197. The van der Waals surface area contributed by atoms with E-state index in [1.54, 1.807) is 0 Å². The van der Waals surface area contributed by atoms with Crippen molar-refractivity contribution < 1.29 is 0 Å². The van der Waals surface area contributed by atoms with Gasteiger partial charge in [-0.3, -0.25) is 0 Å². The van der Waals surface area contributed by atoms with E-state index in [2.05, 4.69) is 73.3 Å². The van der Waals surface area contributed by atoms with Crippen molar-refractivity contribution in [3.63, 3.8) is 0 Å². The van der Waals surface area contributed by atoms with Gasteiger partial charge in [0.2, 0.25) is 0 Å². The predicted molar refractivity (Wildman–Crippen MR) is 92.0 cm³/mol. The fourth-order valence-corrected chi connectivity index (χ4v) is 3.28. The highest BCUT2D eigenvalue weighted by Gasteiger charge is 2.25. The normalized spacial score (nSPS) is 30.2. The monoisotopic (exact) mass is 286 g/mol. The highest BCUT2D eigenvalue weighted by atomic mass is 15.0. The van der Waals surface area contributed by atoms with Crippen molar-refractivity contribution in [1.82, 2.24) is 10.6 Å². The molecule has 0 fully saturated rings. The number of hydrogen-bond acceptors (Lipinski definition) is 2. The molecule has 0 aromatic heterocycles. The molecule has 0 aromatic carbocycles. The Morgan fingerprint density at radius 1 is 0.667 bits per heavy atom. The number of dihydropyridines is 2. The summed E-state index contributed by atoms with van der Waals surface area (Å²) in [6.45, 7) is 4.54. The van der Waals surface area contributed by atoms with Crippen LogP contribution in [0.2, 0.25) is 0 Å². The van der Waals surface area contributed by atoms with E-state index in [1.807, 2.05) is 0 Å². The lowest BCUT2D eigenvalue weighted by Gasteiger charge is -2.33. The molecule has 2 aliphatic heterocycles. The molecule has 2 N–H and O–H groups in total. The Labute approximate surface area is 130 Å². The number of unbranched alkanes of at least 4 members (excludes halogenated alkanes) is 2. The molecule has 2 unspecified atom stereocenters. The maximum absolute atomic E-state index is 3.54. The van der Waals surface area contributed by atoms with Gasteiger partial charge in [-0.15, -0.1) is 0 Å². The summed E-state index contributed by atoms with van der Waals surface area (Å²) in [6, 6.07) is 0. The SMILES string of the molecule is CCC1(CCCCCC2(CC)C=CC=CN2)C=CC=CN1. The molecule has 0 saturated carbocycles. The summed E-state index contributed by atoms with van der Waals surface area (Å²) < 4.78 is 0. The highest BCUT2D eigenvalue weighted by molar-refractivity contribution is 5.20. The third kappa shape index (κ3) is 4.26. The molecule has 2 heterocycles. The number of rotatable bonds is 8. The second kappa shape index (κ2) is 7.53. The maximum Gasteiger partial charge on any atom is 0.0551 e. The summed E-state index contributed by atoms with van der Waals surface area (Å²) in [5.41, 5.74) is 0.395. The van der Waals surface area contributed by atoms with Crippen LogP contribution >= 0.6 is 0 Å². The van der Waals surface area contributed by atoms with E-state index in [4.69, 9.17) is 0 Å². The molecule has 0 radical (unpaired) electrons. The molecule has 21 heavy (non-hydrogen) atoms. The molecule has 116 valence electrons. The first-order valence-electron chi connectivity index (χ1n) is 8.48. The molecule has 0 aromatic rings. The van der Waals surface area contributed by atoms with Crippen LogP contribution in [0.1, 0.15) is 58.8 Å². The lowest BCUT2D eigenvalue weighted by Crippen LogP contribution is -2.41. The van der Waals surface area contributed by atoms with E-state index in [1.165, 1.54) is 32.1 Å². The number of allylic oxidation sites excluding steroid dienone is 4. The van der Waals surface area contributed by atoms with Crippen molar-refractivity contribution in [1.29, 1.82) is 0 Å². The summed E-state index contributed by atoms with van der Waals surface area (Å²) in [5, 5.41) is 7.08. The minimum Gasteiger partial charge on any atom is -0.382 e. The van der Waals surface area contributed by atoms with Crippen LogP contribution in [-0.2, 0) is 0 Å². The Kier molecular flexibility index (Phi) is 5.72. The van der Waals surface area contributed by atoms with E-state index in [9.17, 15) is 0 Å². The quantitative estimate of drug-likeness (QED) is 0.638. The lowest BCUT2D eigenvalue weighted by atomic mass is 9.85. The van der Waals surface area contributed by atoms with Gasteiger partial charge in [-0.05, 0) is 50.2 Å². The van der Waals surface area contributed by atoms with E-state index in [-0.39, 0.29) is 11.1 Å². The minimum absolute atomic E-state index is 0.197. The van der Waals surface area contributed by atoms with Crippen LogP contribution in [0, 0.1) is 0 Å². The van der Waals surface area contributed by atoms with Gasteiger partial charge in [-0.25, -0.2) is 0 Å². The average Bonchev–Trinajstić information content (AvgIpc) is 2.56. The highest BCUT2D eigenvalue weighted by Crippen LogP contribution is 2.26. The Morgan fingerprint density at radius 2 is 1.14 bits per heavy atom. The van der Waals surface area contributed by atoms with Gasteiger partial charge in [0.1, 0.15) is 0 Å². The van der Waals surface area contributed by atoms with Crippen LogP contribution in [0.5, 0.6) is 0 Å². The fraction of sp³-hybridized carbons (Fsp3) is 0.579. The van der Waals surface area contributed by atoms with E-state index in [0.29, 0.717) is 0 Å². The Bertz CT molecular complexity index is 393. The van der Waals surface area contributed by atoms with Gasteiger partial charge in [0.25, 0.3) is 0 Å². The van der Waals surface area contributed by atoms with Crippen molar-refractivity contribution in [3.05, 3.63) is 48.9 Å². The number of nitrogens with one attached hydrogen (secondary N) is 2. The fourth-order valence-electron chi connectivity index (χ4n) is 3.28. The maximum atomic E-state index is 3.54. The smallest absolute Gasteiger partial charge is 0.0551 e. The zero-order chi connectivity index (χ0) is 15.0. The summed E-state index contributed by atoms with van der Waals surface area (Å²) in [7, 11) is 0. The molecule has 2 aliphatic rings. The largest absolute Gasteiger partial charge is 0.382 e. The van der Waals surface area contributed by atoms with Gasteiger partial charge in [-0.1, -0.05) is 57.4 Å². The second-order valence-corrected chi connectivity index (χ2v) is 6.31. The Hall–Kier alpha value is -1.44. The van der Waals surface area contributed by atoms with Crippen molar-refractivity contribution in [2.45, 2.75) is 69.9 Å². The van der Waals surface area contributed by atoms with Crippen molar-refractivity contribution in [2.75, 3.05) is 0 Å². The first-order valence-corrected chi connectivity index (χ1v) is 8.48. The van der Waals surface area contributed by atoms with Crippen molar-refractivity contribution in [3.8, 4) is 0 Å². The second-order valence-electron chi connectivity index (χ2n) is 6.31. The molecule has 2 atom stereocenters. The molecular weight excluding hydrogens is 256 g/mol. The topological polar surface area (TPSA) is 24.1 Å². The molecular formula is C19H30N2. The van der Waals surface area contributed by atoms with E-state index in [0.717, 1.165) is 12.8 Å². The third-order valence-corrected chi connectivity index (χ3v) is 4.99. The average molecular weight is 286 g/mol. The third-order valence-electron chi connectivity index (χ3n) is 4.99. The summed E-state index contributed by atoms with van der Waals surface area (Å²) in [5.74, 6) is 0. The predicted octanol–water partition coefficient (Wildman–Crippen LogP) is 4.58. The standard InChI is InChI=1S/C19H30N2/c1-3-18(14-8-10-16-20-18)12-6-5-7-13-19(4-2)15-9-11-17-21-19/h8-11,14-17,20-21H,3-7,12-13H2,1-2H3. The molecule has 2 nitrogen and oxygen atoms in total. The van der Waals surface area contributed by atoms with Gasteiger partial charge in [0.15, 0.2) is 0 Å². The van der Waals surface area contributed by atoms with Gasteiger partial charge < -0.3 is 10.6 Å². The van der Waals surface area contributed by atoms with Gasteiger partial charge in [0, 0.05) is 0 Å². The van der Waals surface area contributed by atoms with Crippen LogP contribution in [0.3, 0.4) is 0 Å². The molecule has 2 rings (SSSR count). The van der Waals surface area contributed by atoms with E-state index >= 15 is 0 Å². The summed E-state index contributed by atoms with van der Waals surface area (Å²) in [4.78, 5) is 0. The van der Waals surface area contributed by atoms with Crippen molar-refractivity contribution >= 4 is 0 Å². The molecule has 0 aliphatic carbocycles. The van der Waals surface area contributed by atoms with Crippen LogP contribution in [0.15, 0.2) is 48.9 Å². The van der Waals surface area contributed by atoms with Crippen LogP contribution in [-0.4, -0.2) is 11.1 Å². The van der Waals surface area contributed by atoms with E-state index < -0.39 is 0 Å². The van der Waals surface area contributed by atoms with Gasteiger partial charge in [0.05, 0.1) is 11.1 Å². The van der Waals surface area contributed by atoms with Crippen LogP contribution in [0.25, 0.3) is 0 Å².